The quantitative estimate of drug-likeness (QED) is 0.307. The van der Waals surface area contributed by atoms with Gasteiger partial charge in [-0.15, -0.1) is 0 Å². The van der Waals surface area contributed by atoms with Gasteiger partial charge in [-0.25, -0.2) is 4.85 Å². The first-order valence-corrected chi connectivity index (χ1v) is 2.19. The van der Waals surface area contributed by atoms with Crippen molar-refractivity contribution in [3.8, 4) is 0 Å². The Morgan fingerprint density at radius 2 is 2.17 bits per heavy atom. The summed E-state index contributed by atoms with van der Waals surface area (Å²) >= 11 is 0. The number of rotatable bonds is 0. The maximum atomic E-state index is 9.33. The van der Waals surface area contributed by atoms with E-state index in [1.54, 1.807) is 0 Å². The molecular weight excluding hydrogens is 102 g/mol. The molecule has 0 atom stereocenters. The maximum Gasteiger partial charge on any atom is 0.270 e. The van der Waals surface area contributed by atoms with Crippen LogP contribution in [-0.4, -0.2) is 13.9 Å². The zero-order valence-corrected chi connectivity index (χ0v) is 3.57. The van der Waals surface area contributed by atoms with E-state index in [9.17, 15) is 8.42 Å². The lowest BCUT2D eigenvalue weighted by Crippen LogP contribution is -1.56. The molecule has 0 saturated heterocycles. The van der Waals surface area contributed by atoms with Crippen LogP contribution in [0.2, 0.25) is 0 Å². The Kier molecular flexibility index (Phi) is 2.09. The second-order valence-electron chi connectivity index (χ2n) is 0.495. The summed E-state index contributed by atoms with van der Waals surface area (Å²) in [4.78, 5) is 2.45. The van der Waals surface area contributed by atoms with Crippen LogP contribution in [0, 0.1) is 6.57 Å². The molecule has 6 heavy (non-hydrogen) atoms. The van der Waals surface area contributed by atoms with Gasteiger partial charge >= 0.3 is 0 Å². The van der Waals surface area contributed by atoms with Gasteiger partial charge < -0.3 is 0 Å². The average molecular weight is 103 g/mol. The van der Waals surface area contributed by atoms with Crippen LogP contribution in [0.3, 0.4) is 0 Å². The third-order valence-electron chi connectivity index (χ3n) is 0.139. The van der Waals surface area contributed by atoms with Crippen molar-refractivity contribution in [2.24, 2.45) is 0 Å². The van der Waals surface area contributed by atoms with Crippen LogP contribution >= 0.6 is 0 Å². The molecular formula is C2HNO2S. The van der Waals surface area contributed by atoms with Gasteiger partial charge in [0.25, 0.3) is 5.49 Å². The molecule has 0 radical (unpaired) electrons. The van der Waals surface area contributed by atoms with Gasteiger partial charge in [-0.1, -0.05) is 0 Å². The summed E-state index contributed by atoms with van der Waals surface area (Å²) in [6, 6.07) is 0. The number of hydrogen-bond donors (Lipinski definition) is 0. The van der Waals surface area contributed by atoms with E-state index < -0.39 is 10.3 Å². The maximum absolute atomic E-state index is 9.33. The Labute approximate surface area is 36.6 Å². The first kappa shape index (κ1) is 5.18. The molecule has 0 fully saturated rings. The summed E-state index contributed by atoms with van der Waals surface area (Å²) in [7, 11) is -2.29. The third-order valence-corrected chi connectivity index (χ3v) is 0.416. The van der Waals surface area contributed by atoms with Crippen LogP contribution in [0.5, 0.6) is 0 Å². The fraction of sp³-hybridized carbons (Fsp3) is 0. The summed E-state index contributed by atoms with van der Waals surface area (Å²) in [6.07, 6.45) is 0. The lowest BCUT2D eigenvalue weighted by Gasteiger charge is -1.41. The predicted octanol–water partition coefficient (Wildman–Crippen LogP) is -0.456. The normalized spacial score (nSPS) is 5.83. The van der Waals surface area contributed by atoms with E-state index in [-0.39, 0.29) is 0 Å². The van der Waals surface area contributed by atoms with E-state index in [0.717, 1.165) is 0 Å². The van der Waals surface area contributed by atoms with Gasteiger partial charge in [-0.2, -0.15) is 8.42 Å². The number of hydrogen-bond acceptors (Lipinski definition) is 2. The highest BCUT2D eigenvalue weighted by Gasteiger charge is 1.56. The molecule has 0 spiro atoms. The summed E-state index contributed by atoms with van der Waals surface area (Å²) < 4.78 is 18.7. The van der Waals surface area contributed by atoms with E-state index in [4.69, 9.17) is 6.57 Å². The van der Waals surface area contributed by atoms with Gasteiger partial charge in [0.15, 0.2) is 0 Å². The Morgan fingerprint density at radius 1 is 1.67 bits per heavy atom. The molecule has 0 aliphatic rings. The molecule has 0 aliphatic carbocycles. The lowest BCUT2D eigenvalue weighted by atomic mass is 11.5. The summed E-state index contributed by atoms with van der Waals surface area (Å²) in [6.45, 7) is 5.91. The van der Waals surface area contributed by atoms with Crippen molar-refractivity contribution in [3.63, 3.8) is 0 Å². The largest absolute Gasteiger partial charge is 0.270 e. The Hall–Kier alpha value is -0.820. The first-order valence-electron chi connectivity index (χ1n) is 1.05. The van der Waals surface area contributed by atoms with Crippen LogP contribution in [-0.2, 0) is 10.3 Å². The van der Waals surface area contributed by atoms with Gasteiger partial charge in [0, 0.05) is 0 Å². The Morgan fingerprint density at radius 3 is 2.17 bits per heavy atom. The molecule has 0 bridgehead atoms. The van der Waals surface area contributed by atoms with Crippen molar-refractivity contribution in [2.75, 3.05) is 0 Å². The molecule has 0 heterocycles. The van der Waals surface area contributed by atoms with Crippen molar-refractivity contribution in [3.05, 3.63) is 11.4 Å². The van der Waals surface area contributed by atoms with Crippen molar-refractivity contribution >= 4 is 15.8 Å². The molecule has 0 amide bonds. The second-order valence-corrected chi connectivity index (χ2v) is 1.23. The third kappa shape index (κ3) is 3.18. The van der Waals surface area contributed by atoms with Crippen LogP contribution in [0.1, 0.15) is 0 Å². The van der Waals surface area contributed by atoms with Crippen molar-refractivity contribution < 1.29 is 8.42 Å². The zero-order chi connectivity index (χ0) is 4.99. The van der Waals surface area contributed by atoms with Crippen LogP contribution in [0.4, 0.5) is 0 Å². The minimum absolute atomic E-state index is 0.500. The van der Waals surface area contributed by atoms with E-state index in [1.807, 2.05) is 0 Å². The van der Waals surface area contributed by atoms with Crippen LogP contribution in [0.25, 0.3) is 4.85 Å². The first-order chi connectivity index (χ1) is 2.77. The van der Waals surface area contributed by atoms with E-state index in [1.165, 1.54) is 0 Å². The summed E-state index contributed by atoms with van der Waals surface area (Å²) in [5.74, 6) is 0. The minimum Gasteiger partial charge on any atom is -0.229 e. The molecule has 0 saturated carbocycles. The second kappa shape index (κ2) is 2.42. The smallest absolute Gasteiger partial charge is 0.229 e. The fourth-order valence-corrected chi connectivity index (χ4v) is 0.129. The van der Waals surface area contributed by atoms with Gasteiger partial charge in [-0.05, 0) is 0 Å². The highest BCUT2D eigenvalue weighted by Crippen LogP contribution is 1.43. The van der Waals surface area contributed by atoms with E-state index in [2.05, 4.69) is 4.85 Å². The summed E-state index contributed by atoms with van der Waals surface area (Å²) in [5, 5.41) is 0. The Balaban J connectivity index is 4.31. The molecule has 0 N–H and O–H groups in total. The molecule has 3 nitrogen and oxygen atoms in total. The van der Waals surface area contributed by atoms with E-state index >= 15 is 0 Å². The molecule has 0 aromatic carbocycles. The topological polar surface area (TPSA) is 38.5 Å². The van der Waals surface area contributed by atoms with Gasteiger partial charge in [0.1, 0.15) is 0 Å². The van der Waals surface area contributed by atoms with Crippen molar-refractivity contribution in [2.45, 2.75) is 0 Å². The molecule has 0 rings (SSSR count). The molecule has 0 aliphatic heterocycles. The lowest BCUT2D eigenvalue weighted by molar-refractivity contribution is 0.627. The molecule has 0 unspecified atom stereocenters. The molecule has 0 aromatic heterocycles. The monoisotopic (exact) mass is 103 g/mol. The minimum atomic E-state index is -2.29. The molecule has 4 heteroatoms. The van der Waals surface area contributed by atoms with Crippen LogP contribution in [0.15, 0.2) is 0 Å². The standard InChI is InChI=1S/C2HNO2S/c1-3-2-6(4)5/h2H. The van der Waals surface area contributed by atoms with Gasteiger partial charge in [0.05, 0.1) is 6.57 Å². The van der Waals surface area contributed by atoms with Crippen molar-refractivity contribution in [1.29, 1.82) is 0 Å². The summed E-state index contributed by atoms with van der Waals surface area (Å²) in [5.41, 5.74) is 0.500. The Bertz CT molecular complexity index is 174. The van der Waals surface area contributed by atoms with Gasteiger partial charge in [0.2, 0.25) is 10.3 Å². The molecule has 32 valence electrons. The molecule has 0 aromatic rings. The highest BCUT2D eigenvalue weighted by atomic mass is 32.2. The zero-order valence-electron chi connectivity index (χ0n) is 2.75. The van der Waals surface area contributed by atoms with Crippen molar-refractivity contribution in [1.82, 2.24) is 0 Å². The fourth-order valence-electron chi connectivity index (χ4n) is 0.0430. The highest BCUT2D eigenvalue weighted by molar-refractivity contribution is 7.71. The van der Waals surface area contributed by atoms with Crippen LogP contribution < -0.4 is 0 Å². The van der Waals surface area contributed by atoms with E-state index in [0.29, 0.717) is 5.49 Å². The number of nitrogens with zero attached hydrogens (tertiary/aromatic N) is 1. The van der Waals surface area contributed by atoms with Gasteiger partial charge in [-0.3, -0.25) is 0 Å². The average Bonchev–Trinajstić information content (AvgIpc) is 1.35. The predicted molar refractivity (Wildman–Crippen MR) is 21.6 cm³/mol. The SMILES string of the molecule is [C-]#[N+]C=S(=O)=O.